The van der Waals surface area contributed by atoms with Crippen LogP contribution in [0.5, 0.6) is 0 Å². The second kappa shape index (κ2) is 7.79. The molecule has 1 unspecified atom stereocenters. The van der Waals surface area contributed by atoms with Crippen LogP contribution in [0.4, 0.5) is 0 Å². The van der Waals surface area contributed by atoms with Crippen LogP contribution in [0.3, 0.4) is 0 Å². The molecule has 0 spiro atoms. The molecule has 5 nitrogen and oxygen atoms in total. The van der Waals surface area contributed by atoms with Gasteiger partial charge in [-0.3, -0.25) is 0 Å². The lowest BCUT2D eigenvalue weighted by Crippen LogP contribution is -2.23. The molecule has 0 saturated heterocycles. The number of hydrogen-bond acceptors (Lipinski definition) is 4. The highest BCUT2D eigenvalue weighted by Gasteiger charge is 2.10. The molecule has 0 amide bonds. The largest absolute Gasteiger partial charge is 0.389 e. The number of aliphatic hydroxyl groups excluding tert-OH is 1. The zero-order valence-corrected chi connectivity index (χ0v) is 11.6. The molecular weight excluding hydrogens is 256 g/mol. The Bertz CT molecular complexity index is 499. The van der Waals surface area contributed by atoms with E-state index in [0.717, 1.165) is 11.4 Å². The average molecular weight is 276 g/mol. The molecule has 1 atom stereocenters. The second-order valence-electron chi connectivity index (χ2n) is 4.49. The molecule has 1 heterocycles. The average Bonchev–Trinajstić information content (AvgIpc) is 2.92. The third-order valence-corrected chi connectivity index (χ3v) is 2.90. The van der Waals surface area contributed by atoms with Crippen molar-refractivity contribution in [1.29, 1.82) is 0 Å². The number of rotatable bonds is 8. The maximum Gasteiger partial charge on any atom is 0.139 e. The van der Waals surface area contributed by atoms with Crippen molar-refractivity contribution in [2.75, 3.05) is 26.9 Å². The Labute approximate surface area is 118 Å². The van der Waals surface area contributed by atoms with Crippen molar-refractivity contribution >= 4 is 0 Å². The van der Waals surface area contributed by atoms with Gasteiger partial charge in [0.15, 0.2) is 0 Å². The summed E-state index contributed by atoms with van der Waals surface area (Å²) in [5, 5.41) is 9.98. The van der Waals surface area contributed by atoms with Crippen molar-refractivity contribution in [3.8, 4) is 11.4 Å². The first-order valence-electron chi connectivity index (χ1n) is 6.62. The number of nitrogens with zero attached hydrogens (tertiary/aromatic N) is 2. The highest BCUT2D eigenvalue weighted by molar-refractivity contribution is 5.55. The molecule has 1 N–H and O–H groups in total. The van der Waals surface area contributed by atoms with Gasteiger partial charge in [-0.2, -0.15) is 0 Å². The van der Waals surface area contributed by atoms with Gasteiger partial charge < -0.3 is 19.1 Å². The minimum atomic E-state index is -0.566. The summed E-state index contributed by atoms with van der Waals surface area (Å²) in [5.74, 6) is 0.849. The summed E-state index contributed by atoms with van der Waals surface area (Å²) in [6, 6.07) is 9.91. The summed E-state index contributed by atoms with van der Waals surface area (Å²) in [6.07, 6.45) is 3.03. The number of aromatic nitrogens is 2. The molecular formula is C15H20N2O3. The Kier molecular flexibility index (Phi) is 5.73. The molecule has 0 fully saturated rings. The Morgan fingerprint density at radius 1 is 1.25 bits per heavy atom. The summed E-state index contributed by atoms with van der Waals surface area (Å²) in [4.78, 5) is 4.34. The normalized spacial score (nSPS) is 12.5. The van der Waals surface area contributed by atoms with Gasteiger partial charge in [0.05, 0.1) is 32.5 Å². The lowest BCUT2D eigenvalue weighted by molar-refractivity contribution is 0.00738. The van der Waals surface area contributed by atoms with E-state index < -0.39 is 6.10 Å². The van der Waals surface area contributed by atoms with Gasteiger partial charge in [-0.15, -0.1) is 0 Å². The monoisotopic (exact) mass is 276 g/mol. The molecule has 2 rings (SSSR count). The predicted molar refractivity (Wildman–Crippen MR) is 76.4 cm³/mol. The first-order chi connectivity index (χ1) is 9.81. The van der Waals surface area contributed by atoms with Gasteiger partial charge in [-0.25, -0.2) is 4.98 Å². The lowest BCUT2D eigenvalue weighted by atomic mass is 10.2. The van der Waals surface area contributed by atoms with Gasteiger partial charge in [0.1, 0.15) is 5.82 Å². The van der Waals surface area contributed by atoms with E-state index >= 15 is 0 Å². The molecule has 108 valence electrons. The van der Waals surface area contributed by atoms with Gasteiger partial charge in [-0.1, -0.05) is 30.3 Å². The van der Waals surface area contributed by atoms with Crippen molar-refractivity contribution in [1.82, 2.24) is 9.55 Å². The number of methoxy groups -OCH3 is 1. The lowest BCUT2D eigenvalue weighted by Gasteiger charge is -2.14. The third kappa shape index (κ3) is 4.16. The minimum absolute atomic E-state index is 0.287. The van der Waals surface area contributed by atoms with Crippen LogP contribution in [0.1, 0.15) is 0 Å². The van der Waals surface area contributed by atoms with E-state index in [4.69, 9.17) is 9.47 Å². The van der Waals surface area contributed by atoms with Gasteiger partial charge >= 0.3 is 0 Å². The maximum absolute atomic E-state index is 9.98. The summed E-state index contributed by atoms with van der Waals surface area (Å²) in [7, 11) is 1.62. The van der Waals surface area contributed by atoms with E-state index in [-0.39, 0.29) is 6.61 Å². The van der Waals surface area contributed by atoms with Crippen LogP contribution in [0.25, 0.3) is 11.4 Å². The van der Waals surface area contributed by atoms with E-state index in [1.807, 2.05) is 41.1 Å². The summed E-state index contributed by atoms with van der Waals surface area (Å²) < 4.78 is 12.1. The van der Waals surface area contributed by atoms with Crippen molar-refractivity contribution in [2.45, 2.75) is 12.6 Å². The number of imidazole rings is 1. The summed E-state index contributed by atoms with van der Waals surface area (Å²) in [6.45, 7) is 1.77. The second-order valence-corrected chi connectivity index (χ2v) is 4.49. The number of benzene rings is 1. The van der Waals surface area contributed by atoms with Crippen LogP contribution in [0.15, 0.2) is 42.7 Å². The molecule has 0 aliphatic carbocycles. The van der Waals surface area contributed by atoms with Gasteiger partial charge in [-0.05, 0) is 0 Å². The molecule has 0 radical (unpaired) electrons. The van der Waals surface area contributed by atoms with Crippen LogP contribution < -0.4 is 0 Å². The standard InChI is InChI=1S/C15H20N2O3/c1-19-9-10-20-12-14(18)11-17-8-7-16-15(17)13-5-3-2-4-6-13/h2-8,14,18H,9-12H2,1H3. The predicted octanol–water partition coefficient (Wildman–Crippen LogP) is 1.57. The fourth-order valence-electron chi connectivity index (χ4n) is 1.95. The third-order valence-electron chi connectivity index (χ3n) is 2.90. The van der Waals surface area contributed by atoms with E-state index in [9.17, 15) is 5.11 Å². The van der Waals surface area contributed by atoms with Gasteiger partial charge in [0, 0.05) is 25.1 Å². The van der Waals surface area contributed by atoms with E-state index in [0.29, 0.717) is 19.8 Å². The van der Waals surface area contributed by atoms with Crippen molar-refractivity contribution in [3.63, 3.8) is 0 Å². The first-order valence-corrected chi connectivity index (χ1v) is 6.62. The number of ether oxygens (including phenoxy) is 2. The maximum atomic E-state index is 9.98. The zero-order valence-electron chi connectivity index (χ0n) is 11.6. The molecule has 0 bridgehead atoms. The van der Waals surface area contributed by atoms with Crippen LogP contribution in [-0.2, 0) is 16.0 Å². The van der Waals surface area contributed by atoms with Crippen molar-refractivity contribution in [3.05, 3.63) is 42.7 Å². The topological polar surface area (TPSA) is 56.5 Å². The highest BCUT2D eigenvalue weighted by atomic mass is 16.5. The van der Waals surface area contributed by atoms with Crippen LogP contribution in [-0.4, -0.2) is 47.7 Å². The summed E-state index contributed by atoms with van der Waals surface area (Å²) in [5.41, 5.74) is 1.03. The Morgan fingerprint density at radius 2 is 2.05 bits per heavy atom. The van der Waals surface area contributed by atoms with Gasteiger partial charge in [0.2, 0.25) is 0 Å². The molecule has 20 heavy (non-hydrogen) atoms. The Balaban J connectivity index is 1.92. The van der Waals surface area contributed by atoms with Crippen molar-refractivity contribution in [2.24, 2.45) is 0 Å². The van der Waals surface area contributed by atoms with Crippen molar-refractivity contribution < 1.29 is 14.6 Å². The van der Waals surface area contributed by atoms with E-state index in [1.165, 1.54) is 0 Å². The highest BCUT2D eigenvalue weighted by Crippen LogP contribution is 2.16. The molecule has 1 aromatic heterocycles. The Morgan fingerprint density at radius 3 is 2.80 bits per heavy atom. The molecule has 5 heteroatoms. The SMILES string of the molecule is COCCOCC(O)Cn1ccnc1-c1ccccc1. The molecule has 0 aliphatic rings. The van der Waals surface area contributed by atoms with E-state index in [1.54, 1.807) is 13.3 Å². The quantitative estimate of drug-likeness (QED) is 0.744. The van der Waals surface area contributed by atoms with Crippen LogP contribution >= 0.6 is 0 Å². The van der Waals surface area contributed by atoms with Crippen LogP contribution in [0, 0.1) is 0 Å². The van der Waals surface area contributed by atoms with E-state index in [2.05, 4.69) is 4.98 Å². The number of hydrogen-bond donors (Lipinski definition) is 1. The molecule has 0 saturated carbocycles. The minimum Gasteiger partial charge on any atom is -0.389 e. The first kappa shape index (κ1) is 14.7. The molecule has 2 aromatic rings. The molecule has 1 aromatic carbocycles. The summed E-state index contributed by atoms with van der Waals surface area (Å²) >= 11 is 0. The zero-order chi connectivity index (χ0) is 14.2. The molecule has 0 aliphatic heterocycles. The fourth-order valence-corrected chi connectivity index (χ4v) is 1.95. The Hall–Kier alpha value is -1.69. The van der Waals surface area contributed by atoms with Crippen LogP contribution in [0.2, 0.25) is 0 Å². The smallest absolute Gasteiger partial charge is 0.139 e. The fraction of sp³-hybridized carbons (Fsp3) is 0.400. The number of aliphatic hydroxyl groups is 1. The van der Waals surface area contributed by atoms with Gasteiger partial charge in [0.25, 0.3) is 0 Å².